The summed E-state index contributed by atoms with van der Waals surface area (Å²) in [5.41, 5.74) is 0.554. The zero-order valence-electron chi connectivity index (χ0n) is 18.3. The van der Waals surface area contributed by atoms with E-state index in [2.05, 4.69) is 17.0 Å². The molecule has 2 N–H and O–H groups in total. The Morgan fingerprint density at radius 3 is 2.55 bits per heavy atom. The van der Waals surface area contributed by atoms with Crippen molar-refractivity contribution in [2.75, 3.05) is 17.1 Å². The van der Waals surface area contributed by atoms with Crippen molar-refractivity contribution in [1.82, 2.24) is 0 Å². The molecule has 1 fully saturated rings. The van der Waals surface area contributed by atoms with E-state index in [1.54, 1.807) is 12.1 Å². The van der Waals surface area contributed by atoms with Crippen LogP contribution in [0.4, 0.5) is 15.8 Å². The van der Waals surface area contributed by atoms with Crippen LogP contribution in [0.2, 0.25) is 0 Å². The zero-order valence-corrected chi connectivity index (χ0v) is 19.1. The van der Waals surface area contributed by atoms with E-state index in [0.717, 1.165) is 30.1 Å². The molecule has 2 aromatic carbocycles. The highest BCUT2D eigenvalue weighted by molar-refractivity contribution is 7.92. The fourth-order valence-electron chi connectivity index (χ4n) is 3.59. The fourth-order valence-corrected chi connectivity index (χ4v) is 4.65. The van der Waals surface area contributed by atoms with Gasteiger partial charge in [-0.2, -0.15) is 0 Å². The Balaban J connectivity index is 1.41. The summed E-state index contributed by atoms with van der Waals surface area (Å²) in [6, 6.07) is 13.0. The number of anilines is 2. The molecule has 9 heteroatoms. The molecule has 0 spiro atoms. The van der Waals surface area contributed by atoms with Gasteiger partial charge in [0.15, 0.2) is 0 Å². The minimum absolute atomic E-state index is 0.0983. The quantitative estimate of drug-likeness (QED) is 0.461. The van der Waals surface area contributed by atoms with E-state index in [1.165, 1.54) is 25.3 Å². The van der Waals surface area contributed by atoms with Gasteiger partial charge in [0.25, 0.3) is 10.0 Å². The third-order valence-corrected chi connectivity index (χ3v) is 6.99. The monoisotopic (exact) mass is 472 g/mol. The maximum Gasteiger partial charge on any atom is 0.262 e. The number of halogens is 1. The van der Waals surface area contributed by atoms with Crippen molar-refractivity contribution >= 4 is 27.3 Å². The molecule has 174 valence electrons. The number of rotatable bonds is 9. The average Bonchev–Trinajstić information content (AvgIpc) is 3.31. The van der Waals surface area contributed by atoms with Crippen LogP contribution in [0.15, 0.2) is 63.9 Å². The van der Waals surface area contributed by atoms with E-state index in [9.17, 15) is 17.6 Å². The standard InChI is InChI=1S/C24H25FN2O5S/c1-15-13-20(15)22-11-6-18(32-22)7-12-24(28)26-17-5-10-23(31-2)21(14-17)27-33(29,30)19-8-3-16(25)4-9-19/h3-6,8-11,14-15,20,27H,7,12-13H2,1-2H3,(H,26,28). The van der Waals surface area contributed by atoms with Crippen LogP contribution < -0.4 is 14.8 Å². The smallest absolute Gasteiger partial charge is 0.262 e. The number of sulfonamides is 1. The molecule has 7 nitrogen and oxygen atoms in total. The van der Waals surface area contributed by atoms with Crippen molar-refractivity contribution in [3.8, 4) is 5.75 Å². The highest BCUT2D eigenvalue weighted by atomic mass is 32.2. The molecule has 0 bridgehead atoms. The molecule has 0 aliphatic heterocycles. The van der Waals surface area contributed by atoms with Gasteiger partial charge in [-0.3, -0.25) is 9.52 Å². The van der Waals surface area contributed by atoms with E-state index in [4.69, 9.17) is 9.15 Å². The molecule has 1 aromatic heterocycles. The lowest BCUT2D eigenvalue weighted by Crippen LogP contribution is -2.15. The third kappa shape index (κ3) is 5.54. The summed E-state index contributed by atoms with van der Waals surface area (Å²) >= 11 is 0. The normalized spacial score (nSPS) is 17.4. The molecule has 2 unspecified atom stereocenters. The minimum Gasteiger partial charge on any atom is -0.495 e. The number of carbonyl (C=O) groups is 1. The van der Waals surface area contributed by atoms with Gasteiger partial charge in [0.05, 0.1) is 17.7 Å². The van der Waals surface area contributed by atoms with Gasteiger partial charge >= 0.3 is 0 Å². The number of benzene rings is 2. The highest BCUT2D eigenvalue weighted by Crippen LogP contribution is 2.47. The van der Waals surface area contributed by atoms with Crippen LogP contribution in [0.25, 0.3) is 0 Å². The first-order chi connectivity index (χ1) is 15.7. The summed E-state index contributed by atoms with van der Waals surface area (Å²) in [5, 5.41) is 2.77. The molecule has 1 amide bonds. The summed E-state index contributed by atoms with van der Waals surface area (Å²) < 4.78 is 52.0. The van der Waals surface area contributed by atoms with E-state index in [-0.39, 0.29) is 28.7 Å². The molecule has 1 aliphatic rings. The van der Waals surface area contributed by atoms with Crippen LogP contribution in [0, 0.1) is 11.7 Å². The lowest BCUT2D eigenvalue weighted by molar-refractivity contribution is -0.116. The summed E-state index contributed by atoms with van der Waals surface area (Å²) in [6.07, 6.45) is 1.82. The number of amides is 1. The highest BCUT2D eigenvalue weighted by Gasteiger charge is 2.36. The van der Waals surface area contributed by atoms with E-state index >= 15 is 0 Å². The van der Waals surface area contributed by atoms with Crippen LogP contribution >= 0.6 is 0 Å². The fraction of sp³-hybridized carbons (Fsp3) is 0.292. The number of hydrogen-bond donors (Lipinski definition) is 2. The summed E-state index contributed by atoms with van der Waals surface area (Å²) in [4.78, 5) is 12.3. The number of ether oxygens (including phenoxy) is 1. The molecule has 4 rings (SSSR count). The first-order valence-corrected chi connectivity index (χ1v) is 12.1. The van der Waals surface area contributed by atoms with Crippen molar-refractivity contribution in [2.24, 2.45) is 5.92 Å². The van der Waals surface area contributed by atoms with Crippen LogP contribution in [0.1, 0.15) is 37.2 Å². The number of furan rings is 1. The Kier molecular flexibility index (Phi) is 6.42. The number of methoxy groups -OCH3 is 1. The molecule has 33 heavy (non-hydrogen) atoms. The largest absolute Gasteiger partial charge is 0.495 e. The average molecular weight is 473 g/mol. The Labute approximate surface area is 192 Å². The molecule has 1 aliphatic carbocycles. The molecule has 1 saturated carbocycles. The lowest BCUT2D eigenvalue weighted by Gasteiger charge is -2.14. The third-order valence-electron chi connectivity index (χ3n) is 5.61. The zero-order chi connectivity index (χ0) is 23.6. The molecule has 0 radical (unpaired) electrons. The van der Waals surface area contributed by atoms with Gasteiger partial charge in [0, 0.05) is 24.4 Å². The van der Waals surface area contributed by atoms with Crippen molar-refractivity contribution in [1.29, 1.82) is 0 Å². The van der Waals surface area contributed by atoms with Gasteiger partial charge < -0.3 is 14.5 Å². The van der Waals surface area contributed by atoms with Crippen LogP contribution in [0.5, 0.6) is 5.75 Å². The van der Waals surface area contributed by atoms with Gasteiger partial charge in [-0.25, -0.2) is 12.8 Å². The summed E-state index contributed by atoms with van der Waals surface area (Å²) in [6.45, 7) is 2.18. The number of carbonyl (C=O) groups excluding carboxylic acids is 1. The van der Waals surface area contributed by atoms with Crippen LogP contribution in [-0.2, 0) is 21.2 Å². The lowest BCUT2D eigenvalue weighted by atomic mass is 10.2. The maximum atomic E-state index is 13.1. The first-order valence-electron chi connectivity index (χ1n) is 10.6. The first kappa shape index (κ1) is 22.8. The summed E-state index contributed by atoms with van der Waals surface area (Å²) in [7, 11) is -2.57. The molecular weight excluding hydrogens is 447 g/mol. The molecule has 3 aromatic rings. The maximum absolute atomic E-state index is 13.1. The minimum atomic E-state index is -3.98. The van der Waals surface area contributed by atoms with Gasteiger partial charge in [-0.1, -0.05) is 6.92 Å². The second-order valence-corrected chi connectivity index (χ2v) is 9.83. The predicted octanol–water partition coefficient (Wildman–Crippen LogP) is 4.92. The van der Waals surface area contributed by atoms with Gasteiger partial charge in [0.1, 0.15) is 23.1 Å². The van der Waals surface area contributed by atoms with Crippen LogP contribution in [0.3, 0.4) is 0 Å². The van der Waals surface area contributed by atoms with Crippen molar-refractivity contribution < 1.29 is 26.8 Å². The topological polar surface area (TPSA) is 97.6 Å². The van der Waals surface area contributed by atoms with Gasteiger partial charge in [0.2, 0.25) is 5.91 Å². The summed E-state index contributed by atoms with van der Waals surface area (Å²) in [5.74, 6) is 2.39. The SMILES string of the molecule is COc1ccc(NC(=O)CCc2ccc(C3CC3C)o2)cc1NS(=O)(=O)c1ccc(F)cc1. The van der Waals surface area contributed by atoms with Crippen molar-refractivity contribution in [2.45, 2.75) is 37.0 Å². The molecule has 1 heterocycles. The Hall–Kier alpha value is -3.33. The predicted molar refractivity (Wildman–Crippen MR) is 122 cm³/mol. The number of nitrogens with one attached hydrogen (secondary N) is 2. The number of aryl methyl sites for hydroxylation is 1. The Morgan fingerprint density at radius 1 is 1.15 bits per heavy atom. The Bertz CT molecular complexity index is 1250. The molecule has 0 saturated heterocycles. The van der Waals surface area contributed by atoms with E-state index < -0.39 is 15.8 Å². The van der Waals surface area contributed by atoms with Crippen LogP contribution in [-0.4, -0.2) is 21.4 Å². The molecular formula is C24H25FN2O5S. The van der Waals surface area contributed by atoms with Crippen molar-refractivity contribution in [3.63, 3.8) is 0 Å². The Morgan fingerprint density at radius 2 is 1.88 bits per heavy atom. The molecule has 2 atom stereocenters. The van der Waals surface area contributed by atoms with E-state index in [0.29, 0.717) is 23.9 Å². The van der Waals surface area contributed by atoms with E-state index in [1.807, 2.05) is 12.1 Å². The van der Waals surface area contributed by atoms with Gasteiger partial charge in [-0.05, 0) is 66.9 Å². The second kappa shape index (κ2) is 9.27. The van der Waals surface area contributed by atoms with Crippen molar-refractivity contribution in [3.05, 3.63) is 71.9 Å². The number of hydrogen-bond acceptors (Lipinski definition) is 5. The second-order valence-electron chi connectivity index (χ2n) is 8.15. The van der Waals surface area contributed by atoms with Gasteiger partial charge in [-0.15, -0.1) is 0 Å².